The number of methoxy groups -OCH3 is 1. The fourth-order valence-electron chi connectivity index (χ4n) is 2.15. The summed E-state index contributed by atoms with van der Waals surface area (Å²) < 4.78 is 11.7. The van der Waals surface area contributed by atoms with Crippen LogP contribution in [0.1, 0.15) is 16.2 Å². The molecule has 106 valence electrons. The highest BCUT2D eigenvalue weighted by molar-refractivity contribution is 5.98. The number of nitrogens with zero attached hydrogens (tertiary/aromatic N) is 2. The number of aryl methyl sites for hydroxylation is 1. The van der Waals surface area contributed by atoms with E-state index in [1.807, 2.05) is 0 Å². The lowest BCUT2D eigenvalue weighted by Gasteiger charge is -2.06. The molecule has 3 rings (SSSR count). The lowest BCUT2D eigenvalue weighted by Crippen LogP contribution is -2.21. The molecule has 0 atom stereocenters. The average molecular weight is 284 g/mol. The Morgan fingerprint density at radius 1 is 1.38 bits per heavy atom. The van der Waals surface area contributed by atoms with Crippen LogP contribution < -0.4 is 10.4 Å². The monoisotopic (exact) mass is 284 g/mol. The van der Waals surface area contributed by atoms with E-state index < -0.39 is 11.5 Å². The third-order valence-electron chi connectivity index (χ3n) is 3.22. The third-order valence-corrected chi connectivity index (χ3v) is 3.22. The molecule has 0 aliphatic carbocycles. The smallest absolute Gasteiger partial charge is 0.349 e. The Balaban J connectivity index is 2.21. The van der Waals surface area contributed by atoms with Gasteiger partial charge in [0, 0.05) is 17.8 Å². The zero-order valence-corrected chi connectivity index (χ0v) is 11.5. The fourth-order valence-corrected chi connectivity index (χ4v) is 2.15. The first kappa shape index (κ1) is 13.1. The summed E-state index contributed by atoms with van der Waals surface area (Å²) in [5.74, 6) is 0.482. The van der Waals surface area contributed by atoms with Gasteiger partial charge >= 0.3 is 5.63 Å². The van der Waals surface area contributed by atoms with E-state index in [2.05, 4.69) is 4.98 Å². The summed E-state index contributed by atoms with van der Waals surface area (Å²) in [5.41, 5.74) is -0.425. The molecular weight excluding hydrogens is 272 g/mol. The van der Waals surface area contributed by atoms with Crippen molar-refractivity contribution in [3.8, 4) is 5.75 Å². The van der Waals surface area contributed by atoms with Crippen LogP contribution in [0.25, 0.3) is 11.0 Å². The summed E-state index contributed by atoms with van der Waals surface area (Å²) >= 11 is 0. The molecule has 0 unspecified atom stereocenters. The van der Waals surface area contributed by atoms with Crippen molar-refractivity contribution in [2.75, 3.05) is 7.11 Å². The maximum absolute atomic E-state index is 12.4. The highest BCUT2D eigenvalue weighted by Crippen LogP contribution is 2.24. The van der Waals surface area contributed by atoms with Gasteiger partial charge in [-0.1, -0.05) is 12.1 Å². The van der Waals surface area contributed by atoms with Gasteiger partial charge in [-0.3, -0.25) is 9.36 Å². The summed E-state index contributed by atoms with van der Waals surface area (Å²) in [6.07, 6.45) is 3.01. The van der Waals surface area contributed by atoms with E-state index in [0.29, 0.717) is 22.5 Å². The number of benzene rings is 1. The summed E-state index contributed by atoms with van der Waals surface area (Å²) in [5, 5.41) is 0.620. The molecule has 1 aromatic carbocycles. The molecule has 0 radical (unpaired) electrons. The van der Waals surface area contributed by atoms with E-state index in [1.165, 1.54) is 30.1 Å². The minimum atomic E-state index is -0.704. The molecule has 2 heterocycles. The molecule has 2 aromatic heterocycles. The third kappa shape index (κ3) is 2.10. The second-order valence-corrected chi connectivity index (χ2v) is 4.48. The molecule has 0 fully saturated rings. The first-order chi connectivity index (χ1) is 10.1. The van der Waals surface area contributed by atoms with Gasteiger partial charge in [-0.2, -0.15) is 0 Å². The van der Waals surface area contributed by atoms with Crippen molar-refractivity contribution >= 4 is 16.9 Å². The van der Waals surface area contributed by atoms with E-state index >= 15 is 0 Å². The molecule has 3 aromatic rings. The van der Waals surface area contributed by atoms with Crippen LogP contribution in [0.5, 0.6) is 5.75 Å². The number of hydrogen-bond donors (Lipinski definition) is 0. The molecule has 0 amide bonds. The Kier molecular flexibility index (Phi) is 3.06. The number of aromatic nitrogens is 2. The fraction of sp³-hybridized carbons (Fsp3) is 0.133. The van der Waals surface area contributed by atoms with Crippen molar-refractivity contribution in [3.63, 3.8) is 0 Å². The highest BCUT2D eigenvalue weighted by atomic mass is 16.5. The molecule has 0 aliphatic heterocycles. The first-order valence-corrected chi connectivity index (χ1v) is 6.27. The van der Waals surface area contributed by atoms with E-state index in [4.69, 9.17) is 9.15 Å². The van der Waals surface area contributed by atoms with Crippen LogP contribution in [0.15, 0.2) is 45.9 Å². The number of hydrogen-bond acceptors (Lipinski definition) is 5. The van der Waals surface area contributed by atoms with E-state index in [-0.39, 0.29) is 5.56 Å². The van der Waals surface area contributed by atoms with Crippen LogP contribution in [-0.4, -0.2) is 22.6 Å². The van der Waals surface area contributed by atoms with Gasteiger partial charge in [0.15, 0.2) is 11.3 Å². The number of carbonyl (C=O) groups excluding carboxylic acids is 1. The summed E-state index contributed by atoms with van der Waals surface area (Å²) in [7, 11) is 1.49. The maximum Gasteiger partial charge on any atom is 0.349 e. The van der Waals surface area contributed by atoms with Crippen molar-refractivity contribution in [3.05, 3.63) is 58.5 Å². The van der Waals surface area contributed by atoms with Crippen LogP contribution in [0, 0.1) is 6.92 Å². The number of ether oxygens (including phenoxy) is 1. The van der Waals surface area contributed by atoms with Crippen molar-refractivity contribution in [1.82, 2.24) is 9.55 Å². The lowest BCUT2D eigenvalue weighted by atomic mass is 10.1. The molecular formula is C15H12N2O4. The Hall–Kier alpha value is -2.89. The predicted octanol–water partition coefficient (Wildman–Crippen LogP) is 2.00. The summed E-state index contributed by atoms with van der Waals surface area (Å²) in [4.78, 5) is 28.4. The van der Waals surface area contributed by atoms with E-state index in [9.17, 15) is 9.59 Å². The Bertz CT molecular complexity index is 892. The number of fused-ring (bicyclic) bond motifs is 1. The molecule has 0 saturated heterocycles. The Labute approximate surface area is 119 Å². The number of rotatable bonds is 2. The minimum absolute atomic E-state index is 0.0446. The van der Waals surface area contributed by atoms with Gasteiger partial charge in [-0.15, -0.1) is 0 Å². The average Bonchev–Trinajstić information content (AvgIpc) is 2.91. The van der Waals surface area contributed by atoms with Crippen LogP contribution in [-0.2, 0) is 0 Å². The normalized spacial score (nSPS) is 10.8. The zero-order valence-electron chi connectivity index (χ0n) is 11.5. The van der Waals surface area contributed by atoms with Gasteiger partial charge in [0.05, 0.1) is 7.11 Å². The van der Waals surface area contributed by atoms with Gasteiger partial charge in [-0.25, -0.2) is 9.78 Å². The van der Waals surface area contributed by atoms with Gasteiger partial charge in [-0.05, 0) is 19.1 Å². The Morgan fingerprint density at radius 2 is 2.19 bits per heavy atom. The molecule has 6 nitrogen and oxygen atoms in total. The summed E-state index contributed by atoms with van der Waals surface area (Å²) in [6.45, 7) is 1.68. The van der Waals surface area contributed by atoms with Crippen LogP contribution in [0.2, 0.25) is 0 Å². The zero-order chi connectivity index (χ0) is 15.0. The number of para-hydroxylation sites is 1. The number of carbonyl (C=O) groups is 1. The van der Waals surface area contributed by atoms with Crippen molar-refractivity contribution in [1.29, 1.82) is 0 Å². The van der Waals surface area contributed by atoms with E-state index in [0.717, 1.165) is 0 Å². The Morgan fingerprint density at radius 3 is 2.86 bits per heavy atom. The molecule has 6 heteroatoms. The molecule has 0 bridgehead atoms. The number of imidazole rings is 1. The second kappa shape index (κ2) is 4.90. The van der Waals surface area contributed by atoms with Crippen LogP contribution >= 0.6 is 0 Å². The second-order valence-electron chi connectivity index (χ2n) is 4.48. The van der Waals surface area contributed by atoms with Gasteiger partial charge in [0.25, 0.3) is 5.91 Å². The van der Waals surface area contributed by atoms with E-state index in [1.54, 1.807) is 25.1 Å². The standard InChI is InChI=1S/C15H12N2O4/c1-9-16-6-7-17(9)14(18)11-8-10-4-3-5-12(20-2)13(10)21-15(11)19/h3-8H,1-2H3. The van der Waals surface area contributed by atoms with Gasteiger partial charge < -0.3 is 9.15 Å². The molecule has 0 spiro atoms. The van der Waals surface area contributed by atoms with Crippen LogP contribution in [0.3, 0.4) is 0 Å². The largest absolute Gasteiger partial charge is 0.493 e. The molecule has 0 aliphatic rings. The maximum atomic E-state index is 12.4. The lowest BCUT2D eigenvalue weighted by molar-refractivity contribution is 0.0954. The van der Waals surface area contributed by atoms with Gasteiger partial charge in [0.1, 0.15) is 11.4 Å². The molecule has 21 heavy (non-hydrogen) atoms. The topological polar surface area (TPSA) is 74.3 Å². The van der Waals surface area contributed by atoms with Gasteiger partial charge in [0.2, 0.25) is 0 Å². The molecule has 0 saturated carbocycles. The first-order valence-electron chi connectivity index (χ1n) is 6.27. The van der Waals surface area contributed by atoms with Crippen molar-refractivity contribution in [2.45, 2.75) is 6.92 Å². The van der Waals surface area contributed by atoms with Crippen molar-refractivity contribution in [2.24, 2.45) is 0 Å². The quantitative estimate of drug-likeness (QED) is 0.673. The molecule has 0 N–H and O–H groups in total. The minimum Gasteiger partial charge on any atom is -0.493 e. The van der Waals surface area contributed by atoms with Crippen LogP contribution in [0.4, 0.5) is 0 Å². The summed E-state index contributed by atoms with van der Waals surface area (Å²) in [6, 6.07) is 6.70. The highest BCUT2D eigenvalue weighted by Gasteiger charge is 2.18. The SMILES string of the molecule is COc1cccc2cc(C(=O)n3ccnc3C)c(=O)oc12. The van der Waals surface area contributed by atoms with Crippen molar-refractivity contribution < 1.29 is 13.9 Å². The predicted molar refractivity (Wildman–Crippen MR) is 75.7 cm³/mol.